The molecular formula is C27H30FN3O. The van der Waals surface area contributed by atoms with Gasteiger partial charge in [-0.1, -0.05) is 30.3 Å². The van der Waals surface area contributed by atoms with Gasteiger partial charge in [-0.25, -0.2) is 9.37 Å². The third kappa shape index (κ3) is 3.96. The molecule has 0 N–H and O–H groups in total. The average molecular weight is 432 g/mol. The van der Waals surface area contributed by atoms with Crippen LogP contribution in [0.15, 0.2) is 42.5 Å². The Labute approximate surface area is 189 Å². The summed E-state index contributed by atoms with van der Waals surface area (Å²) in [5.41, 5.74) is 6.03. The van der Waals surface area contributed by atoms with Crippen LogP contribution in [0.4, 0.5) is 4.39 Å². The summed E-state index contributed by atoms with van der Waals surface area (Å²) in [6.07, 6.45) is 3.19. The van der Waals surface area contributed by atoms with Gasteiger partial charge in [0, 0.05) is 36.8 Å². The first-order chi connectivity index (χ1) is 15.4. The summed E-state index contributed by atoms with van der Waals surface area (Å²) in [5, 5.41) is 0. The second kappa shape index (κ2) is 8.19. The Morgan fingerprint density at radius 3 is 2.38 bits per heavy atom. The maximum atomic E-state index is 13.6. The second-order valence-corrected chi connectivity index (χ2v) is 9.47. The third-order valence-electron chi connectivity index (χ3n) is 7.06. The summed E-state index contributed by atoms with van der Waals surface area (Å²) in [7, 11) is 0. The maximum absolute atomic E-state index is 13.6. The second-order valence-electron chi connectivity index (χ2n) is 9.47. The topological polar surface area (TPSA) is 38.1 Å². The number of halogens is 1. The fourth-order valence-corrected chi connectivity index (χ4v) is 4.76. The van der Waals surface area contributed by atoms with Gasteiger partial charge in [-0.2, -0.15) is 0 Å². The van der Waals surface area contributed by atoms with Crippen molar-refractivity contribution in [2.45, 2.75) is 46.6 Å². The molecular weight excluding hydrogens is 401 g/mol. The number of benzene rings is 2. The van der Waals surface area contributed by atoms with Crippen molar-refractivity contribution in [1.82, 2.24) is 14.5 Å². The first kappa shape index (κ1) is 20.9. The number of aryl methyl sites for hydroxylation is 2. The van der Waals surface area contributed by atoms with E-state index in [1.165, 1.54) is 11.8 Å². The standard InChI is InChI=1S/C27H30FN3O/c1-17-14-24(10-11-25(17)28)21-4-6-22(7-5-21)26-29-18(2)19(3)31(26)16-20-12-13-30(15-20)27(32)23-8-9-23/h4-7,10-11,14,20,23H,8-9,12-13,15-16H2,1-3H3. The predicted molar refractivity (Wildman–Crippen MR) is 125 cm³/mol. The number of hydrogen-bond acceptors (Lipinski definition) is 2. The fourth-order valence-electron chi connectivity index (χ4n) is 4.76. The number of carbonyl (C=O) groups excluding carboxylic acids is 1. The quantitative estimate of drug-likeness (QED) is 0.532. The van der Waals surface area contributed by atoms with Crippen molar-refractivity contribution in [3.05, 3.63) is 65.2 Å². The van der Waals surface area contributed by atoms with E-state index in [9.17, 15) is 9.18 Å². The highest BCUT2D eigenvalue weighted by Crippen LogP contribution is 2.34. The van der Waals surface area contributed by atoms with Gasteiger partial charge >= 0.3 is 0 Å². The van der Waals surface area contributed by atoms with Crippen molar-refractivity contribution in [3.8, 4) is 22.5 Å². The van der Waals surface area contributed by atoms with Crippen LogP contribution in [0.2, 0.25) is 0 Å². The van der Waals surface area contributed by atoms with Crippen LogP contribution in [0.25, 0.3) is 22.5 Å². The lowest BCUT2D eigenvalue weighted by Crippen LogP contribution is -2.30. The highest BCUT2D eigenvalue weighted by Gasteiger charge is 2.36. The Hall–Kier alpha value is -2.95. The van der Waals surface area contributed by atoms with E-state index >= 15 is 0 Å². The van der Waals surface area contributed by atoms with E-state index in [2.05, 4.69) is 47.6 Å². The summed E-state index contributed by atoms with van der Waals surface area (Å²) >= 11 is 0. The van der Waals surface area contributed by atoms with Gasteiger partial charge in [0.25, 0.3) is 0 Å². The molecule has 1 aliphatic heterocycles. The Morgan fingerprint density at radius 1 is 1.00 bits per heavy atom. The summed E-state index contributed by atoms with van der Waals surface area (Å²) in [4.78, 5) is 19.4. The molecule has 166 valence electrons. The van der Waals surface area contributed by atoms with E-state index in [0.717, 1.165) is 67.1 Å². The molecule has 0 radical (unpaired) electrons. The smallest absolute Gasteiger partial charge is 0.225 e. The highest BCUT2D eigenvalue weighted by atomic mass is 19.1. The molecule has 1 amide bonds. The zero-order valence-corrected chi connectivity index (χ0v) is 19.1. The van der Waals surface area contributed by atoms with Gasteiger partial charge < -0.3 is 9.47 Å². The lowest BCUT2D eigenvalue weighted by atomic mass is 10.0. The van der Waals surface area contributed by atoms with Gasteiger partial charge in [0.1, 0.15) is 11.6 Å². The van der Waals surface area contributed by atoms with Crippen molar-refractivity contribution >= 4 is 5.91 Å². The van der Waals surface area contributed by atoms with Gasteiger partial charge in [0.15, 0.2) is 0 Å². The van der Waals surface area contributed by atoms with Crippen molar-refractivity contribution in [1.29, 1.82) is 0 Å². The van der Waals surface area contributed by atoms with E-state index < -0.39 is 0 Å². The Bertz CT molecular complexity index is 1160. The predicted octanol–water partition coefficient (Wildman–Crippen LogP) is 5.54. The Kier molecular flexibility index (Phi) is 5.36. The van der Waals surface area contributed by atoms with Crippen molar-refractivity contribution < 1.29 is 9.18 Å². The number of likely N-dealkylation sites (tertiary alicyclic amines) is 1. The molecule has 2 aliphatic rings. The van der Waals surface area contributed by atoms with Crippen LogP contribution in [0, 0.1) is 38.4 Å². The SMILES string of the molecule is Cc1cc(-c2ccc(-c3nc(C)c(C)n3CC3CCN(C(=O)C4CC4)C3)cc2)ccc1F. The number of amides is 1. The molecule has 1 atom stereocenters. The largest absolute Gasteiger partial charge is 0.342 e. The number of hydrogen-bond donors (Lipinski definition) is 0. The summed E-state index contributed by atoms with van der Waals surface area (Å²) in [6.45, 7) is 8.60. The van der Waals surface area contributed by atoms with Crippen LogP contribution in [-0.2, 0) is 11.3 Å². The van der Waals surface area contributed by atoms with Gasteiger partial charge in [0.2, 0.25) is 5.91 Å². The van der Waals surface area contributed by atoms with E-state index in [0.29, 0.717) is 23.3 Å². The number of nitrogens with zero attached hydrogens (tertiary/aromatic N) is 3. The summed E-state index contributed by atoms with van der Waals surface area (Å²) in [6, 6.07) is 13.6. The molecule has 4 nitrogen and oxygen atoms in total. The van der Waals surface area contributed by atoms with Crippen molar-refractivity contribution in [2.75, 3.05) is 13.1 Å². The van der Waals surface area contributed by atoms with Crippen LogP contribution >= 0.6 is 0 Å². The van der Waals surface area contributed by atoms with E-state index in [1.54, 1.807) is 6.92 Å². The van der Waals surface area contributed by atoms with E-state index in [-0.39, 0.29) is 5.82 Å². The Morgan fingerprint density at radius 2 is 1.69 bits per heavy atom. The minimum atomic E-state index is -0.178. The molecule has 1 saturated heterocycles. The lowest BCUT2D eigenvalue weighted by molar-refractivity contribution is -0.131. The van der Waals surface area contributed by atoms with Crippen LogP contribution in [0.3, 0.4) is 0 Å². The van der Waals surface area contributed by atoms with Crippen LogP contribution in [0.1, 0.15) is 36.2 Å². The Balaban J connectivity index is 1.37. The van der Waals surface area contributed by atoms with Crippen LogP contribution < -0.4 is 0 Å². The molecule has 1 unspecified atom stereocenters. The van der Waals surface area contributed by atoms with Gasteiger partial charge in [-0.3, -0.25) is 4.79 Å². The average Bonchev–Trinajstić information content (AvgIpc) is 3.48. The molecule has 5 heteroatoms. The van der Waals surface area contributed by atoms with Gasteiger partial charge in [-0.15, -0.1) is 0 Å². The molecule has 2 aromatic carbocycles. The maximum Gasteiger partial charge on any atom is 0.225 e. The summed E-state index contributed by atoms with van der Waals surface area (Å²) in [5.74, 6) is 1.92. The molecule has 1 saturated carbocycles. The number of imidazole rings is 1. The van der Waals surface area contributed by atoms with Gasteiger partial charge in [0.05, 0.1) is 5.69 Å². The third-order valence-corrected chi connectivity index (χ3v) is 7.06. The first-order valence-electron chi connectivity index (χ1n) is 11.6. The first-order valence-corrected chi connectivity index (χ1v) is 11.6. The molecule has 32 heavy (non-hydrogen) atoms. The monoisotopic (exact) mass is 431 g/mol. The zero-order valence-electron chi connectivity index (χ0n) is 19.1. The normalized spacial score (nSPS) is 18.4. The van der Waals surface area contributed by atoms with E-state index in [1.807, 2.05) is 12.1 Å². The lowest BCUT2D eigenvalue weighted by Gasteiger charge is -2.18. The number of rotatable bonds is 5. The van der Waals surface area contributed by atoms with Crippen LogP contribution in [-0.4, -0.2) is 33.4 Å². The minimum Gasteiger partial charge on any atom is -0.342 e. The summed E-state index contributed by atoms with van der Waals surface area (Å²) < 4.78 is 16.0. The molecule has 2 heterocycles. The number of carbonyl (C=O) groups is 1. The molecule has 5 rings (SSSR count). The molecule has 3 aromatic rings. The van der Waals surface area contributed by atoms with Gasteiger partial charge in [-0.05, 0) is 74.8 Å². The molecule has 1 aliphatic carbocycles. The molecule has 0 spiro atoms. The van der Waals surface area contributed by atoms with Crippen molar-refractivity contribution in [2.24, 2.45) is 11.8 Å². The highest BCUT2D eigenvalue weighted by molar-refractivity contribution is 5.81. The fraction of sp³-hybridized carbons (Fsp3) is 0.407. The van der Waals surface area contributed by atoms with Crippen molar-refractivity contribution in [3.63, 3.8) is 0 Å². The van der Waals surface area contributed by atoms with E-state index in [4.69, 9.17) is 4.98 Å². The zero-order chi connectivity index (χ0) is 22.4. The molecule has 1 aromatic heterocycles. The minimum absolute atomic E-state index is 0.178. The van der Waals surface area contributed by atoms with Crippen LogP contribution in [0.5, 0.6) is 0 Å². The number of aromatic nitrogens is 2. The molecule has 2 fully saturated rings. The molecule has 0 bridgehead atoms.